The Hall–Kier alpha value is -1.32. The molecule has 102 valence electrons. The van der Waals surface area contributed by atoms with Gasteiger partial charge in [0, 0.05) is 11.6 Å². The molecule has 0 saturated heterocycles. The van der Waals surface area contributed by atoms with Crippen LogP contribution in [0.15, 0.2) is 24.3 Å². The average molecular weight is 280 g/mol. The minimum Gasteiger partial charge on any atom is -0.469 e. The summed E-state index contributed by atoms with van der Waals surface area (Å²) in [5.74, 6) is -0.549. The summed E-state index contributed by atoms with van der Waals surface area (Å²) in [5, 5.41) is 3.93. The molecular weight excluding hydrogens is 262 g/mol. The Morgan fingerprint density at radius 1 is 1.47 bits per heavy atom. The maximum Gasteiger partial charge on any atom is 0.312 e. The molecular formula is C15H18ClNO2. The predicted octanol–water partition coefficient (Wildman–Crippen LogP) is 2.99. The van der Waals surface area contributed by atoms with Gasteiger partial charge in [0.05, 0.1) is 13.0 Å². The summed E-state index contributed by atoms with van der Waals surface area (Å²) >= 11 is 6.06. The molecule has 4 heteroatoms. The van der Waals surface area contributed by atoms with Crippen molar-refractivity contribution in [3.8, 4) is 0 Å². The van der Waals surface area contributed by atoms with Crippen LogP contribution in [0.25, 0.3) is 5.57 Å². The molecule has 0 aromatic heterocycles. The molecule has 0 amide bonds. The van der Waals surface area contributed by atoms with Crippen molar-refractivity contribution in [1.29, 1.82) is 0 Å². The van der Waals surface area contributed by atoms with Crippen molar-refractivity contribution in [2.45, 2.75) is 19.3 Å². The summed E-state index contributed by atoms with van der Waals surface area (Å²) in [7, 11) is 1.41. The first-order valence-electron chi connectivity index (χ1n) is 6.41. The van der Waals surface area contributed by atoms with Gasteiger partial charge >= 0.3 is 5.97 Å². The van der Waals surface area contributed by atoms with Crippen LogP contribution in [0.5, 0.6) is 0 Å². The van der Waals surface area contributed by atoms with E-state index in [1.807, 2.05) is 25.1 Å². The normalized spacial score (nSPS) is 16.7. The highest BCUT2D eigenvalue weighted by Crippen LogP contribution is 2.31. The van der Waals surface area contributed by atoms with E-state index in [1.54, 1.807) is 0 Å². The fourth-order valence-electron chi connectivity index (χ4n) is 2.36. The third-order valence-electron chi connectivity index (χ3n) is 3.44. The Morgan fingerprint density at radius 3 is 2.89 bits per heavy atom. The lowest BCUT2D eigenvalue weighted by Gasteiger charge is -2.20. The Balaban J connectivity index is 2.43. The molecule has 1 unspecified atom stereocenters. The van der Waals surface area contributed by atoms with Crippen molar-refractivity contribution in [2.75, 3.05) is 20.2 Å². The second-order valence-corrected chi connectivity index (χ2v) is 5.10. The number of nitrogens with one attached hydrogen (secondary N) is 1. The molecule has 1 N–H and O–H groups in total. The van der Waals surface area contributed by atoms with Crippen molar-refractivity contribution in [3.05, 3.63) is 40.4 Å². The van der Waals surface area contributed by atoms with Gasteiger partial charge in [-0.25, -0.2) is 0 Å². The summed E-state index contributed by atoms with van der Waals surface area (Å²) in [5.41, 5.74) is 3.30. The van der Waals surface area contributed by atoms with E-state index >= 15 is 0 Å². The number of carbonyl (C=O) groups is 1. The van der Waals surface area contributed by atoms with Crippen LogP contribution in [0.2, 0.25) is 5.02 Å². The summed E-state index contributed by atoms with van der Waals surface area (Å²) in [4.78, 5) is 11.8. The lowest BCUT2D eigenvalue weighted by Crippen LogP contribution is -2.21. The number of carbonyl (C=O) groups excluding carboxylic acids is 1. The molecule has 0 radical (unpaired) electrons. The Kier molecular flexibility index (Phi) is 4.61. The molecule has 0 bridgehead atoms. The molecule has 0 aliphatic carbocycles. The summed E-state index contributed by atoms with van der Waals surface area (Å²) in [6.45, 7) is 3.67. The van der Waals surface area contributed by atoms with Crippen LogP contribution in [0.3, 0.4) is 0 Å². The Bertz CT molecular complexity index is 511. The number of ether oxygens (including phenoxy) is 1. The molecule has 3 nitrogen and oxygen atoms in total. The second kappa shape index (κ2) is 6.22. The average Bonchev–Trinajstić information content (AvgIpc) is 2.46. The van der Waals surface area contributed by atoms with Crippen LogP contribution in [-0.4, -0.2) is 26.2 Å². The Morgan fingerprint density at radius 2 is 2.26 bits per heavy atom. The van der Waals surface area contributed by atoms with Crippen LogP contribution in [0.4, 0.5) is 0 Å². The first-order chi connectivity index (χ1) is 9.13. The third kappa shape index (κ3) is 3.17. The molecule has 1 aromatic carbocycles. The van der Waals surface area contributed by atoms with Crippen molar-refractivity contribution in [1.82, 2.24) is 5.32 Å². The zero-order valence-corrected chi connectivity index (χ0v) is 12.0. The molecule has 1 heterocycles. The molecule has 0 spiro atoms. The van der Waals surface area contributed by atoms with Gasteiger partial charge in [0.2, 0.25) is 0 Å². The molecule has 0 fully saturated rings. The number of hydrogen-bond acceptors (Lipinski definition) is 3. The minimum absolute atomic E-state index is 0.238. The monoisotopic (exact) mass is 279 g/mol. The smallest absolute Gasteiger partial charge is 0.312 e. The van der Waals surface area contributed by atoms with E-state index in [1.165, 1.54) is 12.7 Å². The van der Waals surface area contributed by atoms with Gasteiger partial charge in [-0.2, -0.15) is 0 Å². The van der Waals surface area contributed by atoms with Crippen molar-refractivity contribution < 1.29 is 9.53 Å². The SMILES string of the molecule is COC(=O)C(C)c1cc(Cl)ccc1C1=CCNCC1. The third-order valence-corrected chi connectivity index (χ3v) is 3.68. The molecule has 0 saturated carbocycles. The van der Waals surface area contributed by atoms with Crippen LogP contribution in [0.1, 0.15) is 30.4 Å². The first kappa shape index (κ1) is 14.1. The zero-order valence-electron chi connectivity index (χ0n) is 11.2. The summed E-state index contributed by atoms with van der Waals surface area (Å²) in [6, 6.07) is 5.73. The minimum atomic E-state index is -0.311. The van der Waals surface area contributed by atoms with Gasteiger partial charge in [-0.1, -0.05) is 23.7 Å². The highest BCUT2D eigenvalue weighted by atomic mass is 35.5. The van der Waals surface area contributed by atoms with E-state index in [-0.39, 0.29) is 11.9 Å². The number of rotatable bonds is 3. The van der Waals surface area contributed by atoms with E-state index in [0.29, 0.717) is 5.02 Å². The number of halogens is 1. The number of benzene rings is 1. The van der Waals surface area contributed by atoms with Gasteiger partial charge in [-0.3, -0.25) is 4.79 Å². The van der Waals surface area contributed by atoms with E-state index in [9.17, 15) is 4.79 Å². The van der Waals surface area contributed by atoms with E-state index in [2.05, 4.69) is 11.4 Å². The summed E-state index contributed by atoms with van der Waals surface area (Å²) in [6.07, 6.45) is 3.13. The van der Waals surface area contributed by atoms with Gasteiger partial charge in [0.25, 0.3) is 0 Å². The van der Waals surface area contributed by atoms with Crippen molar-refractivity contribution >= 4 is 23.1 Å². The fourth-order valence-corrected chi connectivity index (χ4v) is 2.54. The van der Waals surface area contributed by atoms with Crippen molar-refractivity contribution in [2.24, 2.45) is 0 Å². The maximum atomic E-state index is 11.8. The number of esters is 1. The quantitative estimate of drug-likeness (QED) is 0.865. The van der Waals surface area contributed by atoms with Crippen LogP contribution in [0, 0.1) is 0 Å². The largest absolute Gasteiger partial charge is 0.469 e. The molecule has 2 rings (SSSR count). The van der Waals surface area contributed by atoms with Crippen LogP contribution >= 0.6 is 11.6 Å². The van der Waals surface area contributed by atoms with E-state index in [4.69, 9.17) is 16.3 Å². The number of methoxy groups -OCH3 is 1. The molecule has 1 aliphatic rings. The molecule has 1 aliphatic heterocycles. The maximum absolute atomic E-state index is 11.8. The van der Waals surface area contributed by atoms with E-state index < -0.39 is 0 Å². The highest BCUT2D eigenvalue weighted by molar-refractivity contribution is 6.30. The Labute approximate surface area is 118 Å². The standard InChI is InChI=1S/C15H18ClNO2/c1-10(15(18)19-2)14-9-12(16)3-4-13(14)11-5-7-17-8-6-11/h3-5,9-10,17H,6-8H2,1-2H3. The van der Waals surface area contributed by atoms with Crippen molar-refractivity contribution in [3.63, 3.8) is 0 Å². The highest BCUT2D eigenvalue weighted by Gasteiger charge is 2.21. The second-order valence-electron chi connectivity index (χ2n) is 4.66. The van der Waals surface area contributed by atoms with Crippen LogP contribution in [-0.2, 0) is 9.53 Å². The van der Waals surface area contributed by atoms with Crippen LogP contribution < -0.4 is 5.32 Å². The van der Waals surface area contributed by atoms with E-state index in [0.717, 1.165) is 30.6 Å². The fraction of sp³-hybridized carbons (Fsp3) is 0.400. The number of hydrogen-bond donors (Lipinski definition) is 1. The summed E-state index contributed by atoms with van der Waals surface area (Å²) < 4.78 is 4.83. The van der Waals surface area contributed by atoms with Gasteiger partial charge in [0.1, 0.15) is 0 Å². The topological polar surface area (TPSA) is 38.3 Å². The molecule has 1 atom stereocenters. The lowest BCUT2D eigenvalue weighted by atomic mass is 9.89. The zero-order chi connectivity index (χ0) is 13.8. The van der Waals surface area contributed by atoms with Gasteiger partial charge < -0.3 is 10.1 Å². The van der Waals surface area contributed by atoms with Gasteiger partial charge in [-0.05, 0) is 48.7 Å². The molecule has 1 aromatic rings. The molecule has 19 heavy (non-hydrogen) atoms. The lowest BCUT2D eigenvalue weighted by molar-refractivity contribution is -0.141. The van der Waals surface area contributed by atoms with Gasteiger partial charge in [-0.15, -0.1) is 0 Å². The predicted molar refractivity (Wildman–Crippen MR) is 77.3 cm³/mol. The van der Waals surface area contributed by atoms with Gasteiger partial charge in [0.15, 0.2) is 0 Å². The first-order valence-corrected chi connectivity index (χ1v) is 6.78.